The quantitative estimate of drug-likeness (QED) is 0.883. The van der Waals surface area contributed by atoms with Gasteiger partial charge in [-0.1, -0.05) is 6.92 Å². The third-order valence-electron chi connectivity index (χ3n) is 3.94. The van der Waals surface area contributed by atoms with Crippen molar-refractivity contribution in [3.63, 3.8) is 0 Å². The molecule has 1 N–H and O–H groups in total. The van der Waals surface area contributed by atoms with Gasteiger partial charge in [0.15, 0.2) is 0 Å². The molecule has 2 nitrogen and oxygen atoms in total. The number of halogens is 2. The summed E-state index contributed by atoms with van der Waals surface area (Å²) in [4.78, 5) is 2.27. The van der Waals surface area contributed by atoms with Gasteiger partial charge in [0.05, 0.1) is 0 Å². The highest BCUT2D eigenvalue weighted by Gasteiger charge is 2.29. The van der Waals surface area contributed by atoms with Crippen molar-refractivity contribution in [2.45, 2.75) is 39.3 Å². The van der Waals surface area contributed by atoms with E-state index in [0.717, 1.165) is 26.1 Å². The van der Waals surface area contributed by atoms with Gasteiger partial charge in [0.25, 0.3) is 0 Å². The predicted molar refractivity (Wildman–Crippen MR) is 73.2 cm³/mol. The van der Waals surface area contributed by atoms with Crippen molar-refractivity contribution >= 4 is 0 Å². The Morgan fingerprint density at radius 3 is 2.53 bits per heavy atom. The Kier molecular flexibility index (Phi) is 4.53. The van der Waals surface area contributed by atoms with Crippen LogP contribution in [-0.4, -0.2) is 30.6 Å². The summed E-state index contributed by atoms with van der Waals surface area (Å²) in [5.41, 5.74) is 0.823. The van der Waals surface area contributed by atoms with Crippen LogP contribution in [0.15, 0.2) is 12.1 Å². The van der Waals surface area contributed by atoms with Crippen LogP contribution in [-0.2, 0) is 0 Å². The van der Waals surface area contributed by atoms with Crippen molar-refractivity contribution in [2.24, 2.45) is 0 Å². The van der Waals surface area contributed by atoms with Gasteiger partial charge in [-0.05, 0) is 44.5 Å². The van der Waals surface area contributed by atoms with Gasteiger partial charge < -0.3 is 5.32 Å². The minimum absolute atomic E-state index is 0.0952. The van der Waals surface area contributed by atoms with Crippen LogP contribution < -0.4 is 5.32 Å². The summed E-state index contributed by atoms with van der Waals surface area (Å²) in [6.45, 7) is 8.43. The average molecular weight is 268 g/mol. The largest absolute Gasteiger partial charge is 0.314 e. The number of nitrogens with zero attached hydrogens (tertiary/aromatic N) is 1. The molecule has 1 aromatic rings. The van der Waals surface area contributed by atoms with Crippen molar-refractivity contribution in [1.29, 1.82) is 0 Å². The fourth-order valence-corrected chi connectivity index (χ4v) is 2.62. The zero-order chi connectivity index (χ0) is 14.0. The van der Waals surface area contributed by atoms with Gasteiger partial charge in [0.2, 0.25) is 0 Å². The standard InChI is InChI=1S/C15H22F2N2/c1-4-5-19(12-8-18-9-12)11(3)13-7-14(16)10(2)6-15(13)17/h6-7,11-12,18H,4-5,8-9H2,1-3H3. The lowest BCUT2D eigenvalue weighted by Crippen LogP contribution is -2.57. The molecule has 1 fully saturated rings. The summed E-state index contributed by atoms with van der Waals surface area (Å²) in [6.07, 6.45) is 1.01. The number of rotatable bonds is 5. The van der Waals surface area contributed by atoms with E-state index in [9.17, 15) is 8.78 Å². The van der Waals surface area contributed by atoms with Crippen molar-refractivity contribution < 1.29 is 8.78 Å². The van der Waals surface area contributed by atoms with Crippen molar-refractivity contribution in [3.05, 3.63) is 34.9 Å². The van der Waals surface area contributed by atoms with Crippen LogP contribution >= 0.6 is 0 Å². The summed E-state index contributed by atoms with van der Waals surface area (Å²) >= 11 is 0. The molecule has 1 unspecified atom stereocenters. The van der Waals surface area contributed by atoms with Crippen LogP contribution in [0.3, 0.4) is 0 Å². The lowest BCUT2D eigenvalue weighted by Gasteiger charge is -2.42. The minimum Gasteiger partial charge on any atom is -0.314 e. The van der Waals surface area contributed by atoms with E-state index in [-0.39, 0.29) is 17.7 Å². The second-order valence-electron chi connectivity index (χ2n) is 5.35. The monoisotopic (exact) mass is 268 g/mol. The Balaban J connectivity index is 2.25. The van der Waals surface area contributed by atoms with Crippen LogP contribution in [0.1, 0.15) is 37.4 Å². The first-order valence-electron chi connectivity index (χ1n) is 6.96. The molecular weight excluding hydrogens is 246 g/mol. The summed E-state index contributed by atoms with van der Waals surface area (Å²) in [7, 11) is 0. The molecule has 1 aliphatic heterocycles. The van der Waals surface area contributed by atoms with Crippen molar-refractivity contribution in [1.82, 2.24) is 10.2 Å². The molecular formula is C15H22F2N2. The van der Waals surface area contributed by atoms with Crippen LogP contribution in [0.2, 0.25) is 0 Å². The molecule has 0 spiro atoms. The van der Waals surface area contributed by atoms with E-state index >= 15 is 0 Å². The number of nitrogens with one attached hydrogen (secondary N) is 1. The highest BCUT2D eigenvalue weighted by Crippen LogP contribution is 2.28. The SMILES string of the molecule is CCCN(C1CNC1)C(C)c1cc(F)c(C)cc1F. The van der Waals surface area contributed by atoms with Crippen LogP contribution in [0.5, 0.6) is 0 Å². The fraction of sp³-hybridized carbons (Fsp3) is 0.600. The van der Waals surface area contributed by atoms with Gasteiger partial charge in [-0.15, -0.1) is 0 Å². The average Bonchev–Trinajstić information content (AvgIpc) is 2.30. The number of hydrogen-bond donors (Lipinski definition) is 1. The van der Waals surface area contributed by atoms with Crippen LogP contribution in [0.4, 0.5) is 8.78 Å². The zero-order valence-corrected chi connectivity index (χ0v) is 11.8. The lowest BCUT2D eigenvalue weighted by atomic mass is 10.00. The predicted octanol–water partition coefficient (Wildman–Crippen LogP) is 3.02. The van der Waals surface area contributed by atoms with E-state index in [0.29, 0.717) is 17.2 Å². The maximum atomic E-state index is 14.1. The molecule has 0 bridgehead atoms. The minimum atomic E-state index is -0.327. The first-order valence-corrected chi connectivity index (χ1v) is 6.96. The van der Waals surface area contributed by atoms with E-state index in [1.165, 1.54) is 12.1 Å². The highest BCUT2D eigenvalue weighted by molar-refractivity contribution is 5.27. The van der Waals surface area contributed by atoms with Crippen LogP contribution in [0, 0.1) is 18.6 Å². The van der Waals surface area contributed by atoms with Crippen LogP contribution in [0.25, 0.3) is 0 Å². The molecule has 0 radical (unpaired) electrons. The molecule has 0 aromatic heterocycles. The molecule has 1 aliphatic rings. The van der Waals surface area contributed by atoms with Gasteiger partial charge in [0, 0.05) is 30.7 Å². The maximum absolute atomic E-state index is 14.1. The lowest BCUT2D eigenvalue weighted by molar-refractivity contribution is 0.101. The van der Waals surface area contributed by atoms with Gasteiger partial charge in [-0.3, -0.25) is 4.90 Å². The number of hydrogen-bond acceptors (Lipinski definition) is 2. The fourth-order valence-electron chi connectivity index (χ4n) is 2.62. The van der Waals surface area contributed by atoms with E-state index in [1.807, 2.05) is 6.92 Å². The third kappa shape index (κ3) is 2.95. The van der Waals surface area contributed by atoms with E-state index < -0.39 is 0 Å². The molecule has 1 heterocycles. The smallest absolute Gasteiger partial charge is 0.128 e. The van der Waals surface area contributed by atoms with E-state index in [4.69, 9.17) is 0 Å². The Morgan fingerprint density at radius 1 is 1.32 bits per heavy atom. The van der Waals surface area contributed by atoms with Crippen molar-refractivity contribution in [2.75, 3.05) is 19.6 Å². The summed E-state index contributed by atoms with van der Waals surface area (Å²) in [5, 5.41) is 3.23. The normalized spacial score (nSPS) is 17.6. The zero-order valence-electron chi connectivity index (χ0n) is 11.8. The van der Waals surface area contributed by atoms with Gasteiger partial charge in [-0.25, -0.2) is 8.78 Å². The Bertz CT molecular complexity index is 444. The molecule has 1 saturated heterocycles. The Labute approximate surface area is 113 Å². The highest BCUT2D eigenvalue weighted by atomic mass is 19.1. The molecule has 0 saturated carbocycles. The van der Waals surface area contributed by atoms with Crippen molar-refractivity contribution in [3.8, 4) is 0 Å². The second-order valence-corrected chi connectivity index (χ2v) is 5.35. The molecule has 2 rings (SSSR count). The molecule has 0 aliphatic carbocycles. The van der Waals surface area contributed by atoms with E-state index in [2.05, 4.69) is 17.1 Å². The first-order chi connectivity index (χ1) is 9.04. The number of aryl methyl sites for hydroxylation is 1. The Morgan fingerprint density at radius 2 is 2.00 bits per heavy atom. The molecule has 4 heteroatoms. The van der Waals surface area contributed by atoms with Gasteiger partial charge in [-0.2, -0.15) is 0 Å². The summed E-state index contributed by atoms with van der Waals surface area (Å²) in [5.74, 6) is -0.633. The molecule has 106 valence electrons. The topological polar surface area (TPSA) is 15.3 Å². The number of benzene rings is 1. The second kappa shape index (κ2) is 5.97. The summed E-state index contributed by atoms with van der Waals surface area (Å²) in [6, 6.07) is 2.98. The van der Waals surface area contributed by atoms with E-state index in [1.54, 1.807) is 6.92 Å². The molecule has 1 atom stereocenters. The maximum Gasteiger partial charge on any atom is 0.128 e. The molecule has 19 heavy (non-hydrogen) atoms. The Hall–Kier alpha value is -1.00. The summed E-state index contributed by atoms with van der Waals surface area (Å²) < 4.78 is 27.7. The first kappa shape index (κ1) is 14.4. The van der Waals surface area contributed by atoms with Gasteiger partial charge in [0.1, 0.15) is 11.6 Å². The van der Waals surface area contributed by atoms with Gasteiger partial charge >= 0.3 is 0 Å². The third-order valence-corrected chi connectivity index (χ3v) is 3.94. The molecule has 1 aromatic carbocycles. The molecule has 0 amide bonds.